The van der Waals surface area contributed by atoms with E-state index in [4.69, 9.17) is 16.3 Å². The van der Waals surface area contributed by atoms with Crippen molar-refractivity contribution in [2.45, 2.75) is 44.6 Å². The number of piperidine rings is 1. The van der Waals surface area contributed by atoms with Gasteiger partial charge in [-0.15, -0.1) is 0 Å². The molecule has 1 fully saturated rings. The summed E-state index contributed by atoms with van der Waals surface area (Å²) in [6, 6.07) is 16.6. The van der Waals surface area contributed by atoms with Gasteiger partial charge in [0, 0.05) is 28.0 Å². The zero-order valence-corrected chi connectivity index (χ0v) is 18.8. The van der Waals surface area contributed by atoms with Crippen LogP contribution >= 0.6 is 27.5 Å². The molecule has 0 spiro atoms. The Kier molecular flexibility index (Phi) is 6.37. The van der Waals surface area contributed by atoms with Crippen molar-refractivity contribution in [2.24, 2.45) is 0 Å². The van der Waals surface area contributed by atoms with E-state index in [2.05, 4.69) is 57.8 Å². The average molecular weight is 466 g/mol. The van der Waals surface area contributed by atoms with Crippen molar-refractivity contribution in [1.82, 2.24) is 10.4 Å². The molecule has 0 aromatic heterocycles. The third-order valence-corrected chi connectivity index (χ3v) is 5.84. The molecule has 0 aliphatic carbocycles. The zero-order chi connectivity index (χ0) is 20.4. The van der Waals surface area contributed by atoms with Gasteiger partial charge >= 0.3 is 6.09 Å². The first kappa shape index (κ1) is 21.2. The molecule has 0 atom stereocenters. The molecule has 150 valence electrons. The Morgan fingerprint density at radius 1 is 1.04 bits per heavy atom. The summed E-state index contributed by atoms with van der Waals surface area (Å²) in [5.74, 6) is 0. The minimum absolute atomic E-state index is 0.114. The number of hydrogen-bond donors (Lipinski definition) is 1. The number of carbonyl (C=O) groups excluding carboxylic acids is 1. The largest absolute Gasteiger partial charge is 0.443 e. The lowest BCUT2D eigenvalue weighted by atomic mass is 9.68. The molecule has 4 nitrogen and oxygen atoms in total. The second kappa shape index (κ2) is 8.44. The van der Waals surface area contributed by atoms with Crippen LogP contribution in [-0.4, -0.2) is 29.8 Å². The second-order valence-electron chi connectivity index (χ2n) is 8.20. The molecular weight excluding hydrogens is 440 g/mol. The van der Waals surface area contributed by atoms with Gasteiger partial charge in [0.1, 0.15) is 5.60 Å². The Bertz CT molecular complexity index is 760. The summed E-state index contributed by atoms with van der Waals surface area (Å²) in [5, 5.41) is 2.68. The lowest BCUT2D eigenvalue weighted by Crippen LogP contribution is -2.51. The minimum Gasteiger partial charge on any atom is -0.443 e. The summed E-state index contributed by atoms with van der Waals surface area (Å²) in [4.78, 5) is 12.1. The van der Waals surface area contributed by atoms with Crippen LogP contribution in [0.25, 0.3) is 0 Å². The van der Waals surface area contributed by atoms with Crippen LogP contribution in [0.5, 0.6) is 0 Å². The van der Waals surface area contributed by atoms with E-state index in [0.717, 1.165) is 35.4 Å². The molecule has 0 radical (unpaired) electrons. The topological polar surface area (TPSA) is 41.6 Å². The molecule has 28 heavy (non-hydrogen) atoms. The first-order valence-corrected chi connectivity index (χ1v) is 10.6. The predicted octanol–water partition coefficient (Wildman–Crippen LogP) is 5.92. The van der Waals surface area contributed by atoms with Crippen molar-refractivity contribution in [3.05, 3.63) is 69.2 Å². The van der Waals surface area contributed by atoms with E-state index < -0.39 is 11.7 Å². The number of ether oxygens (including phenoxy) is 1. The summed E-state index contributed by atoms with van der Waals surface area (Å²) in [7, 11) is 0. The molecule has 3 rings (SSSR count). The number of amides is 1. The molecule has 0 saturated carbocycles. The number of hydrazine groups is 1. The SMILES string of the molecule is CC(C)(C)OC(=O)NN1CCC(c2ccc(Cl)cc2)(c2ccc(Br)cc2)CC1. The fraction of sp³-hybridized carbons (Fsp3) is 0.409. The van der Waals surface area contributed by atoms with Gasteiger partial charge in [0.05, 0.1) is 0 Å². The van der Waals surface area contributed by atoms with Crippen molar-refractivity contribution in [3.8, 4) is 0 Å². The average Bonchev–Trinajstić information content (AvgIpc) is 2.62. The maximum Gasteiger partial charge on any atom is 0.422 e. The van der Waals surface area contributed by atoms with Crippen molar-refractivity contribution >= 4 is 33.6 Å². The van der Waals surface area contributed by atoms with Gasteiger partial charge < -0.3 is 4.74 Å². The van der Waals surface area contributed by atoms with Crippen LogP contribution < -0.4 is 5.43 Å². The lowest BCUT2D eigenvalue weighted by Gasteiger charge is -2.42. The second-order valence-corrected chi connectivity index (χ2v) is 9.55. The molecule has 1 aliphatic heterocycles. The van der Waals surface area contributed by atoms with Crippen LogP contribution in [0, 0.1) is 0 Å². The van der Waals surface area contributed by atoms with Crippen LogP contribution in [0.4, 0.5) is 4.79 Å². The van der Waals surface area contributed by atoms with Crippen LogP contribution in [0.1, 0.15) is 44.7 Å². The number of hydrogen-bond acceptors (Lipinski definition) is 3. The number of rotatable bonds is 3. The summed E-state index contributed by atoms with van der Waals surface area (Å²) in [6.07, 6.45) is 1.35. The molecule has 1 saturated heterocycles. The van der Waals surface area contributed by atoms with Gasteiger partial charge in [-0.05, 0) is 69.0 Å². The molecule has 1 heterocycles. The van der Waals surface area contributed by atoms with Crippen LogP contribution in [0.3, 0.4) is 0 Å². The smallest absolute Gasteiger partial charge is 0.422 e. The number of benzene rings is 2. The van der Waals surface area contributed by atoms with Crippen molar-refractivity contribution < 1.29 is 9.53 Å². The lowest BCUT2D eigenvalue weighted by molar-refractivity contribution is 0.0260. The van der Waals surface area contributed by atoms with E-state index in [0.29, 0.717) is 0 Å². The Morgan fingerprint density at radius 3 is 2.04 bits per heavy atom. The van der Waals surface area contributed by atoms with Crippen LogP contribution in [0.15, 0.2) is 53.0 Å². The highest BCUT2D eigenvalue weighted by Gasteiger charge is 2.38. The zero-order valence-electron chi connectivity index (χ0n) is 16.5. The van der Waals surface area contributed by atoms with E-state index >= 15 is 0 Å². The Morgan fingerprint density at radius 2 is 1.54 bits per heavy atom. The highest BCUT2D eigenvalue weighted by Crippen LogP contribution is 2.42. The highest BCUT2D eigenvalue weighted by molar-refractivity contribution is 9.10. The monoisotopic (exact) mass is 464 g/mol. The molecule has 1 N–H and O–H groups in total. The number of halogens is 2. The first-order valence-electron chi connectivity index (χ1n) is 9.45. The van der Waals surface area contributed by atoms with Gasteiger partial charge in [-0.2, -0.15) is 0 Å². The summed E-state index contributed by atoms with van der Waals surface area (Å²) >= 11 is 9.65. The molecule has 6 heteroatoms. The third-order valence-electron chi connectivity index (χ3n) is 5.06. The van der Waals surface area contributed by atoms with Gasteiger partial charge in [0.2, 0.25) is 0 Å². The fourth-order valence-corrected chi connectivity index (χ4v) is 4.10. The first-order chi connectivity index (χ1) is 13.2. The molecule has 2 aromatic carbocycles. The van der Waals surface area contributed by atoms with Crippen molar-refractivity contribution in [1.29, 1.82) is 0 Å². The molecular formula is C22H26BrClN2O2. The maximum atomic E-state index is 12.1. The molecule has 1 amide bonds. The van der Waals surface area contributed by atoms with E-state index in [1.165, 1.54) is 11.1 Å². The maximum absolute atomic E-state index is 12.1. The van der Waals surface area contributed by atoms with E-state index in [-0.39, 0.29) is 5.41 Å². The molecule has 1 aliphatic rings. The minimum atomic E-state index is -0.510. The van der Waals surface area contributed by atoms with Crippen LogP contribution in [0.2, 0.25) is 5.02 Å². The quantitative estimate of drug-likeness (QED) is 0.611. The Hall–Kier alpha value is -1.56. The Labute approximate surface area is 180 Å². The Balaban J connectivity index is 1.80. The standard InChI is InChI=1S/C22H26BrClN2O2/c1-21(2,3)28-20(27)25-26-14-12-22(13-15-26,16-4-8-18(23)9-5-16)17-6-10-19(24)11-7-17/h4-11H,12-15H2,1-3H3,(H,25,27). The van der Waals surface area contributed by atoms with E-state index in [1.54, 1.807) is 0 Å². The third kappa shape index (κ3) is 5.07. The van der Waals surface area contributed by atoms with Crippen molar-refractivity contribution in [2.75, 3.05) is 13.1 Å². The van der Waals surface area contributed by atoms with Gasteiger partial charge in [0.15, 0.2) is 0 Å². The molecule has 2 aromatic rings. The predicted molar refractivity (Wildman–Crippen MR) is 117 cm³/mol. The summed E-state index contributed by atoms with van der Waals surface area (Å²) < 4.78 is 6.44. The summed E-state index contributed by atoms with van der Waals surface area (Å²) in [6.45, 7) is 7.06. The van der Waals surface area contributed by atoms with Gasteiger partial charge in [-0.25, -0.2) is 9.80 Å². The molecule has 0 bridgehead atoms. The normalized spacial score (nSPS) is 17.2. The van der Waals surface area contributed by atoms with Gasteiger partial charge in [0.25, 0.3) is 0 Å². The van der Waals surface area contributed by atoms with Gasteiger partial charge in [-0.3, -0.25) is 5.43 Å². The highest BCUT2D eigenvalue weighted by atomic mass is 79.9. The van der Waals surface area contributed by atoms with E-state index in [1.807, 2.05) is 37.9 Å². The number of nitrogens with one attached hydrogen (secondary N) is 1. The number of nitrogens with zero attached hydrogens (tertiary/aromatic N) is 1. The van der Waals surface area contributed by atoms with Crippen LogP contribution in [-0.2, 0) is 10.2 Å². The van der Waals surface area contributed by atoms with Gasteiger partial charge in [-0.1, -0.05) is 51.8 Å². The van der Waals surface area contributed by atoms with E-state index in [9.17, 15) is 4.79 Å². The fourth-order valence-electron chi connectivity index (χ4n) is 3.71. The number of carbonyl (C=O) groups is 1. The van der Waals surface area contributed by atoms with Crippen molar-refractivity contribution in [3.63, 3.8) is 0 Å². The molecule has 0 unspecified atom stereocenters. The summed E-state index contributed by atoms with van der Waals surface area (Å²) in [5.41, 5.74) is 4.77.